The van der Waals surface area contributed by atoms with Gasteiger partial charge in [0.15, 0.2) is 0 Å². The first-order chi connectivity index (χ1) is 12.9. The molecule has 0 bridgehead atoms. The first kappa shape index (κ1) is 15.2. The van der Waals surface area contributed by atoms with E-state index < -0.39 is 0 Å². The Morgan fingerprint density at radius 1 is 0.577 bits per heavy atom. The highest BCUT2D eigenvalue weighted by atomic mass is 14.1. The third-order valence-corrected chi connectivity index (χ3v) is 5.31. The van der Waals surface area contributed by atoms with Crippen molar-refractivity contribution in [1.29, 1.82) is 0 Å². The second-order valence-electron chi connectivity index (χ2n) is 6.97. The fraction of sp³-hybridized carbons (Fsp3) is 0.0769. The summed E-state index contributed by atoms with van der Waals surface area (Å²) in [5.74, 6) is 0.407. The molecule has 0 nitrogen and oxygen atoms in total. The predicted molar refractivity (Wildman–Crippen MR) is 113 cm³/mol. The first-order valence-electron chi connectivity index (χ1n) is 9.24. The number of hydrogen-bond acceptors (Lipinski definition) is 0. The van der Waals surface area contributed by atoms with Gasteiger partial charge >= 0.3 is 0 Å². The van der Waals surface area contributed by atoms with E-state index in [0.29, 0.717) is 5.92 Å². The molecule has 0 saturated heterocycles. The molecule has 0 unspecified atom stereocenters. The molecule has 124 valence electrons. The molecule has 1 aliphatic carbocycles. The molecule has 0 atom stereocenters. The molecule has 0 aliphatic heterocycles. The van der Waals surface area contributed by atoms with E-state index in [9.17, 15) is 0 Å². The second kappa shape index (κ2) is 6.31. The molecule has 0 radical (unpaired) electrons. The fourth-order valence-electron chi connectivity index (χ4n) is 3.92. The van der Waals surface area contributed by atoms with Crippen molar-refractivity contribution in [2.24, 2.45) is 0 Å². The highest BCUT2D eigenvalue weighted by Gasteiger charge is 2.09. The van der Waals surface area contributed by atoms with Crippen LogP contribution in [0.25, 0.3) is 32.7 Å². The second-order valence-corrected chi connectivity index (χ2v) is 6.97. The van der Waals surface area contributed by atoms with Gasteiger partial charge in [0.1, 0.15) is 0 Å². The van der Waals surface area contributed by atoms with Crippen molar-refractivity contribution < 1.29 is 0 Å². The van der Waals surface area contributed by atoms with Gasteiger partial charge < -0.3 is 0 Å². The molecule has 0 fully saturated rings. The summed E-state index contributed by atoms with van der Waals surface area (Å²) in [6, 6.07) is 28.8. The largest absolute Gasteiger partial charge is 0.0838 e. The summed E-state index contributed by atoms with van der Waals surface area (Å²) >= 11 is 0. The summed E-state index contributed by atoms with van der Waals surface area (Å²) < 4.78 is 0. The Hall–Kier alpha value is -3.12. The SMILES string of the molecule is C1=CC(c2ccc3c(ccc4cc(-c5ccccc5)ccc43)c2)C=CC1. The molecular formula is C26H20. The van der Waals surface area contributed by atoms with Crippen molar-refractivity contribution in [2.45, 2.75) is 12.3 Å². The Labute approximate surface area is 154 Å². The van der Waals surface area contributed by atoms with Crippen molar-refractivity contribution in [3.05, 3.63) is 109 Å². The average Bonchev–Trinajstić information content (AvgIpc) is 2.74. The Bertz CT molecular complexity index is 1130. The zero-order valence-corrected chi connectivity index (χ0v) is 14.6. The van der Waals surface area contributed by atoms with Crippen LogP contribution in [0.3, 0.4) is 0 Å². The van der Waals surface area contributed by atoms with E-state index in [-0.39, 0.29) is 0 Å². The van der Waals surface area contributed by atoms with Crippen LogP contribution in [0.5, 0.6) is 0 Å². The van der Waals surface area contributed by atoms with E-state index in [1.807, 2.05) is 0 Å². The van der Waals surface area contributed by atoms with Crippen molar-refractivity contribution in [1.82, 2.24) is 0 Å². The van der Waals surface area contributed by atoms with Crippen molar-refractivity contribution in [3.8, 4) is 11.1 Å². The maximum atomic E-state index is 2.34. The Morgan fingerprint density at radius 2 is 1.27 bits per heavy atom. The highest BCUT2D eigenvalue weighted by Crippen LogP contribution is 2.32. The van der Waals surface area contributed by atoms with Crippen molar-refractivity contribution in [3.63, 3.8) is 0 Å². The molecule has 0 heteroatoms. The lowest BCUT2D eigenvalue weighted by Crippen LogP contribution is -1.94. The van der Waals surface area contributed by atoms with Crippen LogP contribution in [-0.2, 0) is 0 Å². The van der Waals surface area contributed by atoms with Crippen LogP contribution in [0.4, 0.5) is 0 Å². The lowest BCUT2D eigenvalue weighted by molar-refractivity contribution is 1.04. The van der Waals surface area contributed by atoms with Gasteiger partial charge in [-0.15, -0.1) is 0 Å². The molecule has 0 spiro atoms. The minimum Gasteiger partial charge on any atom is -0.0838 e. The first-order valence-corrected chi connectivity index (χ1v) is 9.24. The number of benzene rings is 4. The van der Waals surface area contributed by atoms with E-state index in [4.69, 9.17) is 0 Å². The maximum absolute atomic E-state index is 2.34. The summed E-state index contributed by atoms with van der Waals surface area (Å²) in [6.45, 7) is 0. The lowest BCUT2D eigenvalue weighted by Gasteiger charge is -2.13. The maximum Gasteiger partial charge on any atom is 0.0199 e. The van der Waals surface area contributed by atoms with E-state index in [1.54, 1.807) is 0 Å². The molecule has 4 aromatic carbocycles. The number of rotatable bonds is 2. The van der Waals surface area contributed by atoms with E-state index in [0.717, 1.165) is 6.42 Å². The van der Waals surface area contributed by atoms with Crippen LogP contribution >= 0.6 is 0 Å². The van der Waals surface area contributed by atoms with Gasteiger partial charge in [0.2, 0.25) is 0 Å². The fourth-order valence-corrected chi connectivity index (χ4v) is 3.92. The third-order valence-electron chi connectivity index (χ3n) is 5.31. The monoisotopic (exact) mass is 332 g/mol. The van der Waals surface area contributed by atoms with Crippen molar-refractivity contribution >= 4 is 21.5 Å². The standard InChI is InChI=1S/C26H20/c1-3-7-19(8-4-1)21-13-15-25-23(17-21)11-12-24-18-22(14-16-26(24)25)20-9-5-2-6-10-20/h1,3-18,20H,2H2. The Morgan fingerprint density at radius 3 is 2.04 bits per heavy atom. The van der Waals surface area contributed by atoms with Crippen LogP contribution in [-0.4, -0.2) is 0 Å². The van der Waals surface area contributed by atoms with Gasteiger partial charge in [0.25, 0.3) is 0 Å². The molecule has 0 saturated carbocycles. The predicted octanol–water partition coefficient (Wildman–Crippen LogP) is 7.26. The molecule has 0 N–H and O–H groups in total. The molecule has 1 aliphatic rings. The van der Waals surface area contributed by atoms with E-state index in [2.05, 4.69) is 103 Å². The van der Waals surface area contributed by atoms with Gasteiger partial charge in [0.05, 0.1) is 0 Å². The molecule has 5 rings (SSSR count). The third kappa shape index (κ3) is 2.64. The van der Waals surface area contributed by atoms with Gasteiger partial charge in [-0.2, -0.15) is 0 Å². The summed E-state index contributed by atoms with van der Waals surface area (Å²) in [7, 11) is 0. The van der Waals surface area contributed by atoms with Crippen LogP contribution in [0.15, 0.2) is 103 Å². The topological polar surface area (TPSA) is 0 Å². The molecule has 4 aromatic rings. The minimum absolute atomic E-state index is 0.407. The quantitative estimate of drug-likeness (QED) is 0.268. The van der Waals surface area contributed by atoms with Crippen LogP contribution in [0, 0.1) is 0 Å². The number of hydrogen-bond donors (Lipinski definition) is 0. The Kier molecular flexibility index (Phi) is 3.68. The zero-order valence-electron chi connectivity index (χ0n) is 14.6. The molecule has 0 aromatic heterocycles. The Balaban J connectivity index is 1.62. The van der Waals surface area contributed by atoms with Gasteiger partial charge in [0, 0.05) is 5.92 Å². The highest BCUT2D eigenvalue weighted by molar-refractivity contribution is 6.08. The average molecular weight is 332 g/mol. The summed E-state index contributed by atoms with van der Waals surface area (Å²) in [5.41, 5.74) is 3.90. The van der Waals surface area contributed by atoms with Crippen LogP contribution < -0.4 is 0 Å². The molecule has 0 amide bonds. The van der Waals surface area contributed by atoms with Crippen LogP contribution in [0.2, 0.25) is 0 Å². The van der Waals surface area contributed by atoms with Gasteiger partial charge in [-0.3, -0.25) is 0 Å². The zero-order chi connectivity index (χ0) is 17.3. The molecular weight excluding hydrogens is 312 g/mol. The van der Waals surface area contributed by atoms with Gasteiger partial charge in [-0.05, 0) is 50.7 Å². The number of fused-ring (bicyclic) bond motifs is 3. The van der Waals surface area contributed by atoms with Crippen LogP contribution in [0.1, 0.15) is 17.9 Å². The van der Waals surface area contributed by atoms with Crippen molar-refractivity contribution in [2.75, 3.05) is 0 Å². The smallest absolute Gasteiger partial charge is 0.0199 e. The summed E-state index contributed by atoms with van der Waals surface area (Å²) in [6.07, 6.45) is 10.2. The number of allylic oxidation sites excluding steroid dienone is 4. The molecule has 0 heterocycles. The summed E-state index contributed by atoms with van der Waals surface area (Å²) in [4.78, 5) is 0. The summed E-state index contributed by atoms with van der Waals surface area (Å²) in [5, 5.41) is 5.26. The lowest BCUT2D eigenvalue weighted by atomic mass is 9.91. The minimum atomic E-state index is 0.407. The van der Waals surface area contributed by atoms with E-state index in [1.165, 1.54) is 38.2 Å². The molecule has 26 heavy (non-hydrogen) atoms. The normalized spacial score (nSPS) is 14.3. The van der Waals surface area contributed by atoms with Gasteiger partial charge in [-0.25, -0.2) is 0 Å². The van der Waals surface area contributed by atoms with Gasteiger partial charge in [-0.1, -0.05) is 97.1 Å². The van der Waals surface area contributed by atoms with E-state index >= 15 is 0 Å².